The van der Waals surface area contributed by atoms with Crippen LogP contribution in [0.2, 0.25) is 5.02 Å². The first-order valence-electron chi connectivity index (χ1n) is 8.42. The number of rotatable bonds is 5. The van der Waals surface area contributed by atoms with Crippen LogP contribution in [0.1, 0.15) is 40.0 Å². The number of aryl methyl sites for hydroxylation is 1. The molecule has 2 atom stereocenters. The van der Waals surface area contributed by atoms with Crippen molar-refractivity contribution in [3.63, 3.8) is 0 Å². The molecule has 0 radical (unpaired) electrons. The Morgan fingerprint density at radius 2 is 2.11 bits per heavy atom. The second-order valence-electron chi connectivity index (χ2n) is 6.54. The van der Waals surface area contributed by atoms with Crippen LogP contribution in [0.15, 0.2) is 28.7 Å². The van der Waals surface area contributed by atoms with E-state index >= 15 is 0 Å². The first kappa shape index (κ1) is 19.4. The minimum Gasteiger partial charge on any atom is -0.478 e. The molecule has 1 N–H and O–H groups in total. The van der Waals surface area contributed by atoms with E-state index in [4.69, 9.17) is 25.9 Å². The summed E-state index contributed by atoms with van der Waals surface area (Å²) in [6.07, 6.45) is -0.0463. The molecule has 1 aliphatic heterocycles. The molecule has 2 heterocycles. The maximum atomic E-state index is 13.8. The molecule has 0 aliphatic carbocycles. The standard InChI is InChI=1S/C19H19ClFNO5/c1-10-14(19(24)25)8-12(27-10)9-22(2)18(23)13-5-6-26-17(13)11-3-4-15(20)16(21)7-11/h3-4,7-8,13,17H,5-6,9H2,1-2H3,(H,24,25)/t13-,17+/m1/s1. The fourth-order valence-corrected chi connectivity index (χ4v) is 3.41. The number of ether oxygens (including phenoxy) is 1. The van der Waals surface area contributed by atoms with E-state index in [1.54, 1.807) is 20.0 Å². The number of carbonyl (C=O) groups is 2. The van der Waals surface area contributed by atoms with Crippen LogP contribution in [0, 0.1) is 18.7 Å². The maximum absolute atomic E-state index is 13.8. The van der Waals surface area contributed by atoms with Gasteiger partial charge in [0.1, 0.15) is 22.9 Å². The highest BCUT2D eigenvalue weighted by Gasteiger charge is 2.37. The lowest BCUT2D eigenvalue weighted by molar-refractivity contribution is -0.136. The van der Waals surface area contributed by atoms with Gasteiger partial charge >= 0.3 is 5.97 Å². The quantitative estimate of drug-likeness (QED) is 0.832. The summed E-state index contributed by atoms with van der Waals surface area (Å²) in [4.78, 5) is 25.5. The van der Waals surface area contributed by atoms with Gasteiger partial charge in [-0.1, -0.05) is 17.7 Å². The Hall–Kier alpha value is -2.38. The molecule has 2 aromatic rings. The van der Waals surface area contributed by atoms with Crippen molar-refractivity contribution < 1.29 is 28.2 Å². The Morgan fingerprint density at radius 3 is 2.74 bits per heavy atom. The zero-order chi connectivity index (χ0) is 19.7. The predicted octanol–water partition coefficient (Wildman–Crippen LogP) is 3.81. The highest BCUT2D eigenvalue weighted by molar-refractivity contribution is 6.30. The van der Waals surface area contributed by atoms with Gasteiger partial charge in [-0.05, 0) is 37.1 Å². The minimum atomic E-state index is -1.08. The molecular formula is C19H19ClFNO5. The van der Waals surface area contributed by atoms with Gasteiger partial charge in [-0.15, -0.1) is 0 Å². The number of carbonyl (C=O) groups excluding carboxylic acids is 1. The average Bonchev–Trinajstić information content (AvgIpc) is 3.23. The molecule has 0 bridgehead atoms. The van der Waals surface area contributed by atoms with Crippen LogP contribution in [0.25, 0.3) is 0 Å². The summed E-state index contributed by atoms with van der Waals surface area (Å²) in [6, 6.07) is 5.79. The van der Waals surface area contributed by atoms with E-state index in [9.17, 15) is 14.0 Å². The van der Waals surface area contributed by atoms with Gasteiger partial charge in [0.05, 0.1) is 23.6 Å². The monoisotopic (exact) mass is 395 g/mol. The molecule has 1 amide bonds. The van der Waals surface area contributed by atoms with E-state index in [0.29, 0.717) is 24.4 Å². The van der Waals surface area contributed by atoms with Gasteiger partial charge in [0.15, 0.2) is 0 Å². The van der Waals surface area contributed by atoms with E-state index in [1.165, 1.54) is 23.1 Å². The lowest BCUT2D eigenvalue weighted by atomic mass is 9.94. The third kappa shape index (κ3) is 3.99. The number of furan rings is 1. The van der Waals surface area contributed by atoms with Gasteiger partial charge in [-0.3, -0.25) is 4.79 Å². The topological polar surface area (TPSA) is 80.0 Å². The van der Waals surface area contributed by atoms with Gasteiger partial charge in [-0.2, -0.15) is 0 Å². The normalized spacial score (nSPS) is 19.3. The number of halogens is 2. The summed E-state index contributed by atoms with van der Waals surface area (Å²) in [6.45, 7) is 2.08. The first-order chi connectivity index (χ1) is 12.8. The number of amides is 1. The molecule has 0 unspecified atom stereocenters. The van der Waals surface area contributed by atoms with E-state index in [2.05, 4.69) is 0 Å². The summed E-state index contributed by atoms with van der Waals surface area (Å²) in [5.74, 6) is -1.61. The molecule has 1 aliphatic rings. The zero-order valence-electron chi connectivity index (χ0n) is 14.9. The molecule has 1 aromatic carbocycles. The number of benzene rings is 1. The molecular weight excluding hydrogens is 377 g/mol. The lowest BCUT2D eigenvalue weighted by Gasteiger charge is -2.24. The van der Waals surface area contributed by atoms with Gasteiger partial charge in [0.2, 0.25) is 5.91 Å². The molecule has 3 rings (SSSR count). The van der Waals surface area contributed by atoms with Gasteiger partial charge in [-0.25, -0.2) is 9.18 Å². The molecule has 27 heavy (non-hydrogen) atoms. The van der Waals surface area contributed by atoms with Crippen molar-refractivity contribution in [3.8, 4) is 0 Å². The van der Waals surface area contributed by atoms with Crippen LogP contribution in [0.4, 0.5) is 4.39 Å². The second kappa shape index (κ2) is 7.70. The number of carboxylic acid groups (broad SMARTS) is 1. The van der Waals surface area contributed by atoms with E-state index in [1.807, 2.05) is 0 Å². The molecule has 0 saturated carbocycles. The van der Waals surface area contributed by atoms with Crippen LogP contribution in [-0.2, 0) is 16.1 Å². The summed E-state index contributed by atoms with van der Waals surface area (Å²) in [5, 5.41) is 9.11. The van der Waals surface area contributed by atoms with Crippen molar-refractivity contribution in [1.82, 2.24) is 4.90 Å². The lowest BCUT2D eigenvalue weighted by Crippen LogP contribution is -2.33. The van der Waals surface area contributed by atoms with Crippen LogP contribution in [0.5, 0.6) is 0 Å². The van der Waals surface area contributed by atoms with Crippen molar-refractivity contribution in [3.05, 3.63) is 57.8 Å². The average molecular weight is 396 g/mol. The number of carboxylic acids is 1. The van der Waals surface area contributed by atoms with Crippen LogP contribution in [0.3, 0.4) is 0 Å². The number of nitrogens with zero attached hydrogens (tertiary/aromatic N) is 1. The summed E-state index contributed by atoms with van der Waals surface area (Å²) in [7, 11) is 1.61. The zero-order valence-corrected chi connectivity index (χ0v) is 15.6. The minimum absolute atomic E-state index is 0.0131. The van der Waals surface area contributed by atoms with Crippen molar-refractivity contribution >= 4 is 23.5 Å². The summed E-state index contributed by atoms with van der Waals surface area (Å²) >= 11 is 5.72. The van der Waals surface area contributed by atoms with E-state index in [0.717, 1.165) is 0 Å². The molecule has 1 saturated heterocycles. The van der Waals surface area contributed by atoms with E-state index < -0.39 is 23.8 Å². The van der Waals surface area contributed by atoms with Gasteiger partial charge < -0.3 is 19.2 Å². The SMILES string of the molecule is Cc1oc(CN(C)C(=O)[C@@H]2CCO[C@H]2c2ccc(Cl)c(F)c2)cc1C(=O)O. The van der Waals surface area contributed by atoms with Crippen LogP contribution in [-0.4, -0.2) is 35.5 Å². The number of hydrogen-bond acceptors (Lipinski definition) is 4. The third-order valence-electron chi connectivity index (χ3n) is 4.65. The van der Waals surface area contributed by atoms with Crippen molar-refractivity contribution in [2.45, 2.75) is 26.0 Å². The third-order valence-corrected chi connectivity index (χ3v) is 4.96. The molecule has 0 spiro atoms. The molecule has 1 fully saturated rings. The highest BCUT2D eigenvalue weighted by Crippen LogP contribution is 2.37. The molecule has 144 valence electrons. The molecule has 1 aromatic heterocycles. The van der Waals surface area contributed by atoms with Gasteiger partial charge in [0.25, 0.3) is 0 Å². The first-order valence-corrected chi connectivity index (χ1v) is 8.80. The Morgan fingerprint density at radius 1 is 1.37 bits per heavy atom. The fraction of sp³-hybridized carbons (Fsp3) is 0.368. The van der Waals surface area contributed by atoms with Crippen molar-refractivity contribution in [2.24, 2.45) is 5.92 Å². The van der Waals surface area contributed by atoms with Crippen LogP contribution >= 0.6 is 11.6 Å². The Bertz CT molecular complexity index is 881. The highest BCUT2D eigenvalue weighted by atomic mass is 35.5. The van der Waals surface area contributed by atoms with Crippen molar-refractivity contribution in [1.29, 1.82) is 0 Å². The Balaban J connectivity index is 1.74. The Kier molecular flexibility index (Phi) is 5.53. The fourth-order valence-electron chi connectivity index (χ4n) is 3.29. The van der Waals surface area contributed by atoms with Crippen LogP contribution < -0.4 is 0 Å². The second-order valence-corrected chi connectivity index (χ2v) is 6.95. The van der Waals surface area contributed by atoms with Gasteiger partial charge in [0, 0.05) is 13.7 Å². The summed E-state index contributed by atoms with van der Waals surface area (Å²) < 4.78 is 24.9. The maximum Gasteiger partial charge on any atom is 0.339 e. The van der Waals surface area contributed by atoms with Crippen molar-refractivity contribution in [2.75, 3.05) is 13.7 Å². The molecule has 8 heteroatoms. The summed E-state index contributed by atoms with van der Waals surface area (Å²) in [5.41, 5.74) is 0.632. The smallest absolute Gasteiger partial charge is 0.339 e. The number of aromatic carboxylic acids is 1. The largest absolute Gasteiger partial charge is 0.478 e. The predicted molar refractivity (Wildman–Crippen MR) is 95.1 cm³/mol. The Labute approximate surface area is 160 Å². The molecule has 6 nitrogen and oxygen atoms in total. The van der Waals surface area contributed by atoms with E-state index in [-0.39, 0.29) is 28.8 Å². The number of hydrogen-bond donors (Lipinski definition) is 1.